The molecule has 2 aromatic carbocycles. The van der Waals surface area contributed by atoms with Crippen LogP contribution in [0.25, 0.3) is 37.6 Å². The molecule has 0 bridgehead atoms. The van der Waals surface area contributed by atoms with E-state index in [-0.39, 0.29) is 17.0 Å². The summed E-state index contributed by atoms with van der Waals surface area (Å²) in [6.45, 7) is 4.16. The van der Waals surface area contributed by atoms with E-state index in [1.807, 2.05) is 55.5 Å². The quantitative estimate of drug-likeness (QED) is 0.255. The van der Waals surface area contributed by atoms with Crippen LogP contribution in [-0.4, -0.2) is 37.1 Å². The molecule has 0 saturated carbocycles. The van der Waals surface area contributed by atoms with E-state index in [0.29, 0.717) is 40.0 Å². The number of pyridine rings is 1. The third-order valence-electron chi connectivity index (χ3n) is 6.00. The second-order valence-corrected chi connectivity index (χ2v) is 9.43. The van der Waals surface area contributed by atoms with Crippen molar-refractivity contribution < 1.29 is 24.2 Å². The molecule has 4 aromatic heterocycles. The molecule has 0 aliphatic heterocycles. The van der Waals surface area contributed by atoms with Crippen LogP contribution in [0.15, 0.2) is 71.1 Å². The maximum absolute atomic E-state index is 13.6. The second kappa shape index (κ2) is 8.79. The maximum atomic E-state index is 13.6. The van der Waals surface area contributed by atoms with E-state index in [1.165, 1.54) is 22.0 Å². The van der Waals surface area contributed by atoms with E-state index in [0.717, 1.165) is 10.1 Å². The van der Waals surface area contributed by atoms with Gasteiger partial charge < -0.3 is 19.4 Å². The molecule has 2 N–H and O–H groups in total. The average molecular weight is 512 g/mol. The van der Waals surface area contributed by atoms with Crippen molar-refractivity contribution in [3.05, 3.63) is 83.8 Å². The summed E-state index contributed by atoms with van der Waals surface area (Å²) in [6, 6.07) is 19.9. The molecule has 37 heavy (non-hydrogen) atoms. The molecule has 4 heterocycles. The normalized spacial score (nSPS) is 11.4. The Labute approximate surface area is 215 Å². The van der Waals surface area contributed by atoms with Gasteiger partial charge in [-0.15, -0.1) is 0 Å². The van der Waals surface area contributed by atoms with E-state index in [2.05, 4.69) is 4.98 Å². The third-order valence-corrected chi connectivity index (χ3v) is 7.01. The first-order valence-electron chi connectivity index (χ1n) is 11.6. The fourth-order valence-corrected chi connectivity index (χ4v) is 5.32. The van der Waals surface area contributed by atoms with Crippen molar-refractivity contribution in [3.63, 3.8) is 0 Å². The zero-order valence-electron chi connectivity index (χ0n) is 19.9. The first-order chi connectivity index (χ1) is 17.9. The Morgan fingerprint density at radius 2 is 1.86 bits per heavy atom. The minimum Gasteiger partial charge on any atom is -0.503 e. The van der Waals surface area contributed by atoms with Crippen LogP contribution in [0.5, 0.6) is 17.4 Å². The number of carbonyl (C=O) groups excluding carboxylic acids is 1. The van der Waals surface area contributed by atoms with E-state index < -0.39 is 17.4 Å². The lowest BCUT2D eigenvalue weighted by molar-refractivity contribution is 0.101. The van der Waals surface area contributed by atoms with Gasteiger partial charge in [-0.1, -0.05) is 35.6 Å². The van der Waals surface area contributed by atoms with Gasteiger partial charge in [0, 0.05) is 5.39 Å². The Hall–Kier alpha value is -4.63. The summed E-state index contributed by atoms with van der Waals surface area (Å²) >= 11 is 1.29. The third kappa shape index (κ3) is 3.80. The topological polar surface area (TPSA) is 111 Å². The van der Waals surface area contributed by atoms with E-state index in [9.17, 15) is 15.0 Å². The largest absolute Gasteiger partial charge is 0.503 e. The summed E-state index contributed by atoms with van der Waals surface area (Å²) in [5.74, 6) is -0.376. The number of rotatable bonds is 6. The van der Waals surface area contributed by atoms with E-state index in [1.54, 1.807) is 19.1 Å². The molecule has 184 valence electrons. The number of aryl methyl sites for hydroxylation is 1. The summed E-state index contributed by atoms with van der Waals surface area (Å²) < 4.78 is 13.3. The number of aromatic hydroxyl groups is 2. The summed E-state index contributed by atoms with van der Waals surface area (Å²) in [7, 11) is 0. The number of fused-ring (bicyclic) bond motifs is 2. The van der Waals surface area contributed by atoms with Crippen LogP contribution in [0.3, 0.4) is 0 Å². The van der Waals surface area contributed by atoms with Crippen LogP contribution in [0.1, 0.15) is 28.8 Å². The van der Waals surface area contributed by atoms with Crippen LogP contribution < -0.4 is 4.74 Å². The highest BCUT2D eigenvalue weighted by molar-refractivity contribution is 7.20. The molecule has 0 unspecified atom stereocenters. The van der Waals surface area contributed by atoms with Gasteiger partial charge >= 0.3 is 0 Å². The van der Waals surface area contributed by atoms with Crippen molar-refractivity contribution in [1.82, 2.24) is 14.5 Å². The fourth-order valence-electron chi connectivity index (χ4n) is 4.31. The van der Waals surface area contributed by atoms with Crippen molar-refractivity contribution in [3.8, 4) is 33.9 Å². The molecule has 0 aliphatic rings. The number of benzene rings is 2. The molecular formula is C28H21N3O5S. The zero-order chi connectivity index (χ0) is 25.7. The average Bonchev–Trinajstić information content (AvgIpc) is 3.59. The molecule has 0 saturated heterocycles. The number of ketones is 1. The number of ether oxygens (including phenoxy) is 1. The van der Waals surface area contributed by atoms with Crippen LogP contribution in [0.4, 0.5) is 0 Å². The highest BCUT2D eigenvalue weighted by Crippen LogP contribution is 2.45. The van der Waals surface area contributed by atoms with Crippen molar-refractivity contribution in [2.24, 2.45) is 0 Å². The maximum Gasteiger partial charge on any atom is 0.242 e. The predicted octanol–water partition coefficient (Wildman–Crippen LogP) is 6.24. The van der Waals surface area contributed by atoms with Crippen molar-refractivity contribution >= 4 is 38.2 Å². The Morgan fingerprint density at radius 1 is 1.03 bits per heavy atom. The van der Waals surface area contributed by atoms with E-state index >= 15 is 0 Å². The Balaban J connectivity index is 1.62. The van der Waals surface area contributed by atoms with Gasteiger partial charge in [0.1, 0.15) is 11.5 Å². The highest BCUT2D eigenvalue weighted by atomic mass is 32.1. The highest BCUT2D eigenvalue weighted by Gasteiger charge is 2.33. The van der Waals surface area contributed by atoms with Gasteiger partial charge in [-0.05, 0) is 56.3 Å². The molecule has 0 amide bonds. The first-order valence-corrected chi connectivity index (χ1v) is 12.4. The Kier molecular flexibility index (Phi) is 5.42. The number of hydrogen-bond donors (Lipinski definition) is 2. The number of para-hydroxylation sites is 1. The standard InChI is InChI=1S/C28H21N3O5S/c1-3-35-17-10-12-19-22(14-17)37-28(30-19)31-24(20-11-9-16-6-4-5-7-18(16)29-20)23(26(33)27(31)34)25(32)21-13-8-15(2)36-21/h4-14,33-34H,3H2,1-2H3. The SMILES string of the molecule is CCOc1ccc2nc(-n3c(O)c(O)c(C(=O)c4ccc(C)o4)c3-c3ccc4ccccc4n3)sc2c1. The number of aromatic nitrogens is 3. The molecule has 0 atom stereocenters. The van der Waals surface area contributed by atoms with Gasteiger partial charge in [-0.2, -0.15) is 0 Å². The van der Waals surface area contributed by atoms with Crippen molar-refractivity contribution in [2.45, 2.75) is 13.8 Å². The van der Waals surface area contributed by atoms with Gasteiger partial charge in [-0.3, -0.25) is 9.36 Å². The minimum absolute atomic E-state index is 0.0395. The minimum atomic E-state index is -0.579. The van der Waals surface area contributed by atoms with Gasteiger partial charge in [-0.25, -0.2) is 9.97 Å². The van der Waals surface area contributed by atoms with Gasteiger partial charge in [0.25, 0.3) is 0 Å². The molecule has 8 nitrogen and oxygen atoms in total. The van der Waals surface area contributed by atoms with Gasteiger partial charge in [0.2, 0.25) is 11.7 Å². The first kappa shape index (κ1) is 22.8. The lowest BCUT2D eigenvalue weighted by atomic mass is 10.1. The Morgan fingerprint density at radius 3 is 2.65 bits per heavy atom. The number of nitrogens with zero attached hydrogens (tertiary/aromatic N) is 3. The van der Waals surface area contributed by atoms with Crippen LogP contribution >= 0.6 is 11.3 Å². The number of thiazole rings is 1. The van der Waals surface area contributed by atoms with Crippen LogP contribution in [-0.2, 0) is 0 Å². The number of carbonyl (C=O) groups is 1. The zero-order valence-corrected chi connectivity index (χ0v) is 20.7. The lowest BCUT2D eigenvalue weighted by Gasteiger charge is -2.09. The predicted molar refractivity (Wildman–Crippen MR) is 141 cm³/mol. The van der Waals surface area contributed by atoms with Gasteiger partial charge in [0.15, 0.2) is 16.6 Å². The van der Waals surface area contributed by atoms with Crippen molar-refractivity contribution in [1.29, 1.82) is 0 Å². The van der Waals surface area contributed by atoms with Gasteiger partial charge in [0.05, 0.1) is 39.3 Å². The molecule has 6 aromatic rings. The molecule has 9 heteroatoms. The Bertz CT molecular complexity index is 1810. The van der Waals surface area contributed by atoms with E-state index in [4.69, 9.17) is 14.1 Å². The molecule has 0 spiro atoms. The summed E-state index contributed by atoms with van der Waals surface area (Å²) in [5.41, 5.74) is 1.86. The smallest absolute Gasteiger partial charge is 0.242 e. The molecule has 0 aliphatic carbocycles. The number of furan rings is 1. The molecular weight excluding hydrogens is 490 g/mol. The monoisotopic (exact) mass is 511 g/mol. The summed E-state index contributed by atoms with van der Waals surface area (Å²) in [4.78, 5) is 23.0. The second-order valence-electron chi connectivity index (χ2n) is 8.42. The lowest BCUT2D eigenvalue weighted by Crippen LogP contribution is -2.05. The van der Waals surface area contributed by atoms with Crippen LogP contribution in [0.2, 0.25) is 0 Å². The van der Waals surface area contributed by atoms with Crippen molar-refractivity contribution in [2.75, 3.05) is 6.61 Å². The molecule has 6 rings (SSSR count). The molecule has 0 radical (unpaired) electrons. The molecule has 0 fully saturated rings. The number of hydrogen-bond acceptors (Lipinski definition) is 8. The van der Waals surface area contributed by atoms with Crippen LogP contribution in [0, 0.1) is 6.92 Å². The summed E-state index contributed by atoms with van der Waals surface area (Å²) in [5, 5.41) is 23.5. The fraction of sp³-hybridized carbons (Fsp3) is 0.107. The summed E-state index contributed by atoms with van der Waals surface area (Å²) in [6.07, 6.45) is 0.